The fourth-order valence-electron chi connectivity index (χ4n) is 9.16. The van der Waals surface area contributed by atoms with E-state index in [1.165, 1.54) is 4.90 Å². The lowest BCUT2D eigenvalue weighted by Crippen LogP contribution is -2.60. The molecule has 16 heteroatoms. The van der Waals surface area contributed by atoms with Crippen LogP contribution in [0.5, 0.6) is 0 Å². The second kappa shape index (κ2) is 25.4. The second-order valence-electron chi connectivity index (χ2n) is 17.9. The van der Waals surface area contributed by atoms with Crippen molar-refractivity contribution in [2.24, 2.45) is 23.7 Å². The van der Waals surface area contributed by atoms with Gasteiger partial charge in [0.1, 0.15) is 18.2 Å². The van der Waals surface area contributed by atoms with Crippen molar-refractivity contribution in [3.63, 3.8) is 0 Å². The number of likely N-dealkylation sites (N-methyl/N-ethyl adjacent to an activating group) is 2. The van der Waals surface area contributed by atoms with E-state index in [-0.39, 0.29) is 59.3 Å². The molecule has 5 amide bonds. The Bertz CT molecular complexity index is 1590. The average molecular weight is 908 g/mol. The average Bonchev–Trinajstić information content (AvgIpc) is 3.91. The number of ether oxygens (including phenoxy) is 3. The molecule has 1 aliphatic carbocycles. The molecule has 0 aromatic heterocycles. The molecule has 0 unspecified atom stereocenters. The number of nitrogens with one attached hydrogen (secondary N) is 2. The van der Waals surface area contributed by atoms with Crippen LogP contribution in [0, 0.1) is 23.7 Å². The number of rotatable bonds is 23. The lowest BCUT2D eigenvalue weighted by Gasteiger charge is -2.41. The summed E-state index contributed by atoms with van der Waals surface area (Å²) < 4.78 is 17.9. The molecule has 352 valence electrons. The number of carbonyl (C=O) groups excluding carboxylic acids is 5. The van der Waals surface area contributed by atoms with Crippen molar-refractivity contribution in [3.05, 3.63) is 35.9 Å². The van der Waals surface area contributed by atoms with Crippen LogP contribution >= 0.6 is 21.6 Å². The van der Waals surface area contributed by atoms with Gasteiger partial charge in [-0.3, -0.25) is 24.1 Å². The molecule has 1 saturated carbocycles. The van der Waals surface area contributed by atoms with E-state index in [2.05, 4.69) is 10.6 Å². The van der Waals surface area contributed by atoms with Crippen molar-refractivity contribution < 1.29 is 43.3 Å². The lowest BCUT2D eigenvalue weighted by atomic mass is 9.89. The van der Waals surface area contributed by atoms with E-state index in [1.54, 1.807) is 73.6 Å². The molecule has 0 bridgehead atoms. The van der Waals surface area contributed by atoms with Crippen molar-refractivity contribution in [2.75, 3.05) is 41.1 Å². The zero-order valence-corrected chi connectivity index (χ0v) is 41.1. The Labute approximate surface area is 379 Å². The van der Waals surface area contributed by atoms with Crippen molar-refractivity contribution in [3.8, 4) is 0 Å². The van der Waals surface area contributed by atoms with Crippen molar-refractivity contribution >= 4 is 51.3 Å². The molecule has 0 spiro atoms. The summed E-state index contributed by atoms with van der Waals surface area (Å²) in [6.45, 7) is 15.5. The van der Waals surface area contributed by atoms with Crippen LogP contribution in [0.3, 0.4) is 0 Å². The van der Waals surface area contributed by atoms with E-state index >= 15 is 0 Å². The van der Waals surface area contributed by atoms with Gasteiger partial charge in [0.05, 0.1) is 54.0 Å². The van der Waals surface area contributed by atoms with Gasteiger partial charge in [0.15, 0.2) is 0 Å². The van der Waals surface area contributed by atoms with E-state index in [4.69, 9.17) is 14.2 Å². The van der Waals surface area contributed by atoms with Crippen molar-refractivity contribution in [2.45, 2.75) is 160 Å². The summed E-state index contributed by atoms with van der Waals surface area (Å²) in [5.41, 5.74) is 0.698. The summed E-state index contributed by atoms with van der Waals surface area (Å²) in [6, 6.07) is 5.89. The minimum Gasteiger partial charge on any atom is -0.445 e. The summed E-state index contributed by atoms with van der Waals surface area (Å²) in [5.74, 6) is -2.52. The Morgan fingerprint density at radius 1 is 0.871 bits per heavy atom. The Hall–Kier alpha value is -3.05. The maximum Gasteiger partial charge on any atom is 0.410 e. The third-order valence-electron chi connectivity index (χ3n) is 12.9. The maximum absolute atomic E-state index is 14.6. The van der Waals surface area contributed by atoms with Gasteiger partial charge in [-0.05, 0) is 68.6 Å². The summed E-state index contributed by atoms with van der Waals surface area (Å²) in [7, 11) is 9.72. The van der Waals surface area contributed by atoms with Crippen molar-refractivity contribution in [1.29, 1.82) is 0 Å². The fourth-order valence-corrected chi connectivity index (χ4v) is 11.4. The quantitative estimate of drug-likeness (QED) is 0.105. The summed E-state index contributed by atoms with van der Waals surface area (Å²) >= 11 is 0. The van der Waals surface area contributed by atoms with E-state index in [1.807, 2.05) is 78.1 Å². The van der Waals surface area contributed by atoms with Crippen LogP contribution in [-0.4, -0.2) is 144 Å². The molecule has 2 aliphatic rings. The molecule has 1 aliphatic heterocycles. The zero-order valence-electron chi connectivity index (χ0n) is 39.5. The highest BCUT2D eigenvalue weighted by Crippen LogP contribution is 2.38. The number of carbonyl (C=O) groups is 5. The molecule has 1 aromatic carbocycles. The third-order valence-corrected chi connectivity index (χ3v) is 15.2. The van der Waals surface area contributed by atoms with Crippen molar-refractivity contribution in [1.82, 2.24) is 25.3 Å². The first-order chi connectivity index (χ1) is 29.3. The second-order valence-corrected chi connectivity index (χ2v) is 20.6. The van der Waals surface area contributed by atoms with Gasteiger partial charge in [-0.2, -0.15) is 0 Å². The first-order valence-electron chi connectivity index (χ1n) is 22.4. The number of benzene rings is 1. The number of nitrogens with zero attached hydrogens (tertiary/aromatic N) is 3. The van der Waals surface area contributed by atoms with Gasteiger partial charge in [-0.25, -0.2) is 4.79 Å². The standard InChI is InChI=1S/C46H77N5O9S2/c1-14-29(6)40(49(9)45(56)38(27(2)3)48-44(55)39(28(4)5)50(10)46(57)60-34-23-18-24-36(34)62-61-13)35(58-11)26-37(52)51-25-19-22-33(51)42(59-12)30(7)43(54)47-31(8)41(53)32-20-16-15-17-21-32/h15-17,20-21,27-31,33-36,38-42,53H,14,18-19,22-26H2,1-13H3,(H,47,54)(H,48,55)/t29-,30+,31+,33-,34-,35+,36-,38-,39-,40-,41+,42+/m0/s1. The van der Waals surface area contributed by atoms with E-state index in [0.717, 1.165) is 25.7 Å². The zero-order chi connectivity index (χ0) is 46.4. The highest BCUT2D eigenvalue weighted by atomic mass is 33.1. The third kappa shape index (κ3) is 13.7. The monoisotopic (exact) mass is 908 g/mol. The number of hydrogen-bond donors (Lipinski definition) is 3. The van der Waals surface area contributed by atoms with Gasteiger partial charge in [0, 0.05) is 34.9 Å². The molecule has 62 heavy (non-hydrogen) atoms. The van der Waals surface area contributed by atoms with Crippen LogP contribution in [0.4, 0.5) is 4.79 Å². The summed E-state index contributed by atoms with van der Waals surface area (Å²) in [5, 5.41) is 17.0. The topological polar surface area (TPSA) is 167 Å². The normalized spacial score (nSPS) is 22.2. The number of aliphatic hydroxyl groups is 1. The number of aliphatic hydroxyl groups excluding tert-OH is 1. The molecule has 0 radical (unpaired) electrons. The SMILES string of the molecule is CC[C@H](C)[C@@H]([C@@H](CC(=O)N1CCC[C@H]1[C@H](OC)[C@@H](C)C(=O)N[C@H](C)[C@@H](O)c1ccccc1)OC)N(C)C(=O)[C@@H](NC(=O)[C@H](C(C)C)N(C)C(=O)O[C@H]1CCC[C@@H]1SSC)C(C)C. The van der Waals surface area contributed by atoms with E-state index in [9.17, 15) is 29.1 Å². The molecule has 2 fully saturated rings. The van der Waals surface area contributed by atoms with E-state index in [0.29, 0.717) is 24.9 Å². The van der Waals surface area contributed by atoms with Crippen LogP contribution in [0.2, 0.25) is 0 Å². The van der Waals surface area contributed by atoms with Crippen LogP contribution in [0.25, 0.3) is 0 Å². The molecule has 1 aromatic rings. The van der Waals surface area contributed by atoms with Gasteiger partial charge in [0.2, 0.25) is 23.6 Å². The van der Waals surface area contributed by atoms with Gasteiger partial charge < -0.3 is 39.8 Å². The molecular weight excluding hydrogens is 831 g/mol. The molecular formula is C46H77N5O9S2. The van der Waals surface area contributed by atoms with Crippen LogP contribution in [-0.2, 0) is 33.4 Å². The number of amides is 5. The Balaban J connectivity index is 1.76. The Morgan fingerprint density at radius 2 is 1.53 bits per heavy atom. The van der Waals surface area contributed by atoms with Gasteiger partial charge in [-0.1, -0.05) is 107 Å². The lowest BCUT2D eigenvalue weighted by molar-refractivity contribution is -0.148. The smallest absolute Gasteiger partial charge is 0.410 e. The maximum atomic E-state index is 14.6. The van der Waals surface area contributed by atoms with E-state index < -0.39 is 60.4 Å². The summed E-state index contributed by atoms with van der Waals surface area (Å²) in [6.07, 6.45) is 3.81. The molecule has 1 saturated heterocycles. The largest absolute Gasteiger partial charge is 0.445 e. The number of hydrogen-bond acceptors (Lipinski definition) is 11. The molecule has 1 heterocycles. The van der Waals surface area contributed by atoms with Crippen LogP contribution < -0.4 is 10.6 Å². The first-order valence-corrected chi connectivity index (χ1v) is 25.0. The summed E-state index contributed by atoms with van der Waals surface area (Å²) in [4.78, 5) is 74.8. The first kappa shape index (κ1) is 53.3. The van der Waals surface area contributed by atoms with Gasteiger partial charge in [0.25, 0.3) is 0 Å². The van der Waals surface area contributed by atoms with Gasteiger partial charge in [-0.15, -0.1) is 0 Å². The highest BCUT2D eigenvalue weighted by molar-refractivity contribution is 8.76. The van der Waals surface area contributed by atoms with Crippen LogP contribution in [0.15, 0.2) is 30.3 Å². The molecule has 12 atom stereocenters. The molecule has 14 nitrogen and oxygen atoms in total. The van der Waals surface area contributed by atoms with Crippen LogP contribution in [0.1, 0.15) is 112 Å². The highest BCUT2D eigenvalue weighted by Gasteiger charge is 2.44. The Morgan fingerprint density at radius 3 is 2.10 bits per heavy atom. The number of likely N-dealkylation sites (tertiary alicyclic amines) is 1. The Kier molecular flexibility index (Phi) is 21.9. The minimum atomic E-state index is -0.926. The molecule has 3 N–H and O–H groups in total. The fraction of sp³-hybridized carbons (Fsp3) is 0.761. The predicted molar refractivity (Wildman–Crippen MR) is 247 cm³/mol. The minimum absolute atomic E-state index is 0.0186. The predicted octanol–water partition coefficient (Wildman–Crippen LogP) is 6.31. The molecule has 3 rings (SSSR count). The van der Waals surface area contributed by atoms with Gasteiger partial charge >= 0.3 is 6.09 Å². The number of methoxy groups -OCH3 is 2.